The van der Waals surface area contributed by atoms with Crippen LogP contribution in [-0.2, 0) is 13.5 Å². The molecule has 1 atom stereocenters. The first kappa shape index (κ1) is 11.3. The van der Waals surface area contributed by atoms with Crippen LogP contribution in [0.1, 0.15) is 38.0 Å². The maximum atomic E-state index is 5.43. The molecule has 2 aliphatic rings. The summed E-state index contributed by atoms with van der Waals surface area (Å²) in [7, 11) is 2.00. The standard InChI is InChI=1S/C15H19N3O/c1-18-8-4-11(10-18)14-16-13(19-17-14)9-12-3-7-15(12)5-2-6-15/h4,8,10,12H,2-3,5-7,9H2,1H3. The first-order chi connectivity index (χ1) is 9.25. The molecule has 0 radical (unpaired) electrons. The number of aryl methyl sites for hydroxylation is 1. The second-order valence-corrected chi connectivity index (χ2v) is 6.23. The lowest BCUT2D eigenvalue weighted by atomic mass is 9.49. The van der Waals surface area contributed by atoms with E-state index in [4.69, 9.17) is 4.52 Å². The Bertz CT molecular complexity index is 589. The predicted octanol–water partition coefficient (Wildman–Crippen LogP) is 3.20. The quantitative estimate of drug-likeness (QED) is 0.848. The molecule has 2 heterocycles. The molecule has 4 heteroatoms. The fraction of sp³-hybridized carbons (Fsp3) is 0.600. The van der Waals surface area contributed by atoms with Gasteiger partial charge in [0.2, 0.25) is 11.7 Å². The lowest BCUT2D eigenvalue weighted by molar-refractivity contribution is -0.0514. The van der Waals surface area contributed by atoms with Crippen molar-refractivity contribution in [1.29, 1.82) is 0 Å². The van der Waals surface area contributed by atoms with E-state index in [1.807, 2.05) is 30.1 Å². The molecule has 0 saturated heterocycles. The molecule has 1 unspecified atom stereocenters. The molecule has 19 heavy (non-hydrogen) atoms. The zero-order valence-electron chi connectivity index (χ0n) is 11.3. The Kier molecular flexibility index (Phi) is 2.34. The number of hydrogen-bond donors (Lipinski definition) is 0. The van der Waals surface area contributed by atoms with Crippen molar-refractivity contribution < 1.29 is 4.52 Å². The first-order valence-corrected chi connectivity index (χ1v) is 7.20. The van der Waals surface area contributed by atoms with Gasteiger partial charge in [-0.05, 0) is 43.1 Å². The van der Waals surface area contributed by atoms with Gasteiger partial charge in [-0.2, -0.15) is 4.98 Å². The molecule has 4 nitrogen and oxygen atoms in total. The van der Waals surface area contributed by atoms with Crippen molar-refractivity contribution in [2.75, 3.05) is 0 Å². The SMILES string of the molecule is Cn1ccc(-c2noc(CC3CCC34CCC4)n2)c1. The first-order valence-electron chi connectivity index (χ1n) is 7.20. The maximum Gasteiger partial charge on any atom is 0.227 e. The Labute approximate surface area is 112 Å². The summed E-state index contributed by atoms with van der Waals surface area (Å²) in [5.41, 5.74) is 1.69. The third kappa shape index (κ3) is 1.73. The molecule has 0 aromatic carbocycles. The fourth-order valence-electron chi connectivity index (χ4n) is 3.67. The zero-order valence-corrected chi connectivity index (χ0v) is 11.3. The van der Waals surface area contributed by atoms with E-state index in [9.17, 15) is 0 Å². The van der Waals surface area contributed by atoms with E-state index < -0.39 is 0 Å². The highest BCUT2D eigenvalue weighted by atomic mass is 16.5. The Hall–Kier alpha value is -1.58. The minimum absolute atomic E-state index is 0.654. The van der Waals surface area contributed by atoms with Crippen molar-refractivity contribution in [2.45, 2.75) is 38.5 Å². The highest BCUT2D eigenvalue weighted by molar-refractivity contribution is 5.52. The van der Waals surface area contributed by atoms with Crippen molar-refractivity contribution >= 4 is 0 Å². The van der Waals surface area contributed by atoms with Gasteiger partial charge in [0.1, 0.15) is 0 Å². The topological polar surface area (TPSA) is 43.9 Å². The molecule has 2 aliphatic carbocycles. The number of rotatable bonds is 3. The van der Waals surface area contributed by atoms with Crippen molar-refractivity contribution in [2.24, 2.45) is 18.4 Å². The van der Waals surface area contributed by atoms with Crippen LogP contribution in [0.4, 0.5) is 0 Å². The van der Waals surface area contributed by atoms with E-state index in [1.54, 1.807) is 0 Å². The second-order valence-electron chi connectivity index (χ2n) is 6.23. The summed E-state index contributed by atoms with van der Waals surface area (Å²) in [5, 5.41) is 4.10. The van der Waals surface area contributed by atoms with E-state index in [0.717, 1.165) is 29.6 Å². The molecule has 1 spiro atoms. The number of nitrogens with zero attached hydrogens (tertiary/aromatic N) is 3. The fourth-order valence-corrected chi connectivity index (χ4v) is 3.67. The van der Waals surface area contributed by atoms with Gasteiger partial charge in [-0.25, -0.2) is 0 Å². The van der Waals surface area contributed by atoms with Gasteiger partial charge in [0.15, 0.2) is 0 Å². The van der Waals surface area contributed by atoms with Gasteiger partial charge < -0.3 is 9.09 Å². The summed E-state index contributed by atoms with van der Waals surface area (Å²) in [6.07, 6.45) is 12.0. The van der Waals surface area contributed by atoms with Crippen LogP contribution in [0.2, 0.25) is 0 Å². The second kappa shape index (κ2) is 3.95. The Morgan fingerprint density at radius 3 is 2.89 bits per heavy atom. The van der Waals surface area contributed by atoms with Crippen molar-refractivity contribution in [3.63, 3.8) is 0 Å². The van der Waals surface area contributed by atoms with Crippen LogP contribution >= 0.6 is 0 Å². The van der Waals surface area contributed by atoms with E-state index in [0.29, 0.717) is 5.41 Å². The molecule has 100 valence electrons. The van der Waals surface area contributed by atoms with Gasteiger partial charge in [-0.1, -0.05) is 11.6 Å². The smallest absolute Gasteiger partial charge is 0.227 e. The Morgan fingerprint density at radius 2 is 2.32 bits per heavy atom. The van der Waals surface area contributed by atoms with E-state index >= 15 is 0 Å². The third-order valence-electron chi connectivity index (χ3n) is 5.19. The molecular weight excluding hydrogens is 238 g/mol. The summed E-state index contributed by atoms with van der Waals surface area (Å²) in [5.74, 6) is 2.32. The van der Waals surface area contributed by atoms with Crippen LogP contribution in [0.5, 0.6) is 0 Å². The highest BCUT2D eigenvalue weighted by Crippen LogP contribution is 2.60. The Balaban J connectivity index is 1.49. The van der Waals surface area contributed by atoms with Crippen LogP contribution in [-0.4, -0.2) is 14.7 Å². The average molecular weight is 257 g/mol. The predicted molar refractivity (Wildman–Crippen MR) is 71.4 cm³/mol. The summed E-state index contributed by atoms with van der Waals surface area (Å²) in [6, 6.07) is 2.02. The number of hydrogen-bond acceptors (Lipinski definition) is 3. The monoisotopic (exact) mass is 257 g/mol. The Morgan fingerprint density at radius 1 is 1.42 bits per heavy atom. The van der Waals surface area contributed by atoms with Crippen LogP contribution in [0.15, 0.2) is 23.0 Å². The van der Waals surface area contributed by atoms with Crippen LogP contribution in [0.25, 0.3) is 11.4 Å². The lowest BCUT2D eigenvalue weighted by Gasteiger charge is -2.56. The lowest BCUT2D eigenvalue weighted by Crippen LogP contribution is -2.46. The van der Waals surface area contributed by atoms with Crippen molar-refractivity contribution in [3.8, 4) is 11.4 Å². The molecule has 0 amide bonds. The summed E-state index contributed by atoms with van der Waals surface area (Å²) in [6.45, 7) is 0. The summed E-state index contributed by atoms with van der Waals surface area (Å²) >= 11 is 0. The zero-order chi connectivity index (χ0) is 12.9. The molecule has 2 aromatic heterocycles. The molecule has 2 aromatic rings. The highest BCUT2D eigenvalue weighted by Gasteiger charge is 2.50. The molecule has 0 bridgehead atoms. The van der Waals surface area contributed by atoms with E-state index in [1.165, 1.54) is 32.1 Å². The van der Waals surface area contributed by atoms with E-state index in [2.05, 4.69) is 10.1 Å². The molecule has 0 aliphatic heterocycles. The third-order valence-corrected chi connectivity index (χ3v) is 5.19. The average Bonchev–Trinajstić information content (AvgIpc) is 2.91. The van der Waals surface area contributed by atoms with Gasteiger partial charge in [-0.15, -0.1) is 0 Å². The van der Waals surface area contributed by atoms with Crippen LogP contribution in [0, 0.1) is 11.3 Å². The van der Waals surface area contributed by atoms with E-state index in [-0.39, 0.29) is 0 Å². The van der Waals surface area contributed by atoms with Crippen molar-refractivity contribution in [1.82, 2.24) is 14.7 Å². The van der Waals surface area contributed by atoms with Crippen LogP contribution < -0.4 is 0 Å². The van der Waals surface area contributed by atoms with Crippen LogP contribution in [0.3, 0.4) is 0 Å². The molecular formula is C15H19N3O. The van der Waals surface area contributed by atoms with Crippen molar-refractivity contribution in [3.05, 3.63) is 24.4 Å². The molecule has 4 rings (SSSR count). The van der Waals surface area contributed by atoms with Gasteiger partial charge >= 0.3 is 0 Å². The normalized spacial score (nSPS) is 24.2. The maximum absolute atomic E-state index is 5.43. The minimum Gasteiger partial charge on any atom is -0.357 e. The number of aromatic nitrogens is 3. The molecule has 0 N–H and O–H groups in total. The summed E-state index contributed by atoms with van der Waals surface area (Å²) < 4.78 is 7.43. The largest absolute Gasteiger partial charge is 0.357 e. The summed E-state index contributed by atoms with van der Waals surface area (Å²) in [4.78, 5) is 4.55. The molecule has 2 saturated carbocycles. The molecule has 2 fully saturated rings. The minimum atomic E-state index is 0.654. The van der Waals surface area contributed by atoms with Gasteiger partial charge in [-0.3, -0.25) is 0 Å². The van der Waals surface area contributed by atoms with Gasteiger partial charge in [0.25, 0.3) is 0 Å². The van der Waals surface area contributed by atoms with Gasteiger partial charge in [0.05, 0.1) is 0 Å². The van der Waals surface area contributed by atoms with Gasteiger partial charge in [0, 0.05) is 31.4 Å².